The molecule has 0 saturated heterocycles. The van der Waals surface area contributed by atoms with E-state index in [4.69, 9.17) is 4.99 Å². The van der Waals surface area contributed by atoms with Crippen LogP contribution in [-0.4, -0.2) is 26.8 Å². The largest absolute Gasteiger partial charge is 0.507 e. The molecule has 0 bridgehead atoms. The molecule has 0 fully saturated rings. The number of benzene rings is 1. The van der Waals surface area contributed by atoms with Crippen molar-refractivity contribution in [1.82, 2.24) is 9.97 Å². The minimum atomic E-state index is -0.144. The molecule has 22 heavy (non-hydrogen) atoms. The smallest absolute Gasteiger partial charge is 0.124 e. The van der Waals surface area contributed by atoms with E-state index in [9.17, 15) is 5.11 Å². The van der Waals surface area contributed by atoms with E-state index in [1.165, 1.54) is 0 Å². The number of phenols is 1. The number of imidazole rings is 1. The third-order valence-corrected chi connectivity index (χ3v) is 3.54. The van der Waals surface area contributed by atoms with Crippen molar-refractivity contribution in [3.63, 3.8) is 0 Å². The summed E-state index contributed by atoms with van der Waals surface area (Å²) < 4.78 is 0. The molecule has 1 aromatic carbocycles. The second-order valence-electron chi connectivity index (χ2n) is 6.88. The van der Waals surface area contributed by atoms with Gasteiger partial charge in [0, 0.05) is 29.3 Å². The van der Waals surface area contributed by atoms with Crippen molar-refractivity contribution in [3.8, 4) is 5.75 Å². The molecule has 1 aromatic heterocycles. The first-order valence-electron chi connectivity index (χ1n) is 7.63. The average molecular weight is 299 g/mol. The third-order valence-electron chi connectivity index (χ3n) is 3.54. The molecule has 0 amide bonds. The lowest BCUT2D eigenvalue weighted by Crippen LogP contribution is -2.24. The van der Waals surface area contributed by atoms with Crippen LogP contribution in [-0.2, 0) is 6.42 Å². The lowest BCUT2D eigenvalue weighted by molar-refractivity contribution is 0.471. The number of nitrogens with one attached hydrogen (secondary N) is 1. The molecule has 0 spiro atoms. The molecule has 4 heteroatoms. The molecule has 2 N–H and O–H groups in total. The van der Waals surface area contributed by atoms with Crippen molar-refractivity contribution in [2.45, 2.75) is 47.1 Å². The number of hydrogen-bond acceptors (Lipinski definition) is 3. The molecule has 1 atom stereocenters. The minimum absolute atomic E-state index is 0.107. The molecule has 0 aliphatic heterocycles. The summed E-state index contributed by atoms with van der Waals surface area (Å²) in [7, 11) is 0. The summed E-state index contributed by atoms with van der Waals surface area (Å²) in [5, 5.41) is 10.3. The fourth-order valence-electron chi connectivity index (χ4n) is 2.49. The van der Waals surface area contributed by atoms with Crippen LogP contribution in [0.15, 0.2) is 35.7 Å². The monoisotopic (exact) mass is 299 g/mol. The van der Waals surface area contributed by atoms with Gasteiger partial charge in [0.15, 0.2) is 0 Å². The zero-order chi connectivity index (χ0) is 16.3. The van der Waals surface area contributed by atoms with Crippen LogP contribution in [0, 0.1) is 12.3 Å². The predicted octanol–water partition coefficient (Wildman–Crippen LogP) is 3.89. The van der Waals surface area contributed by atoms with Gasteiger partial charge in [-0.15, -0.1) is 0 Å². The Morgan fingerprint density at radius 1 is 1.36 bits per heavy atom. The number of aromatic nitrogens is 2. The number of rotatable bonds is 4. The molecule has 118 valence electrons. The fourth-order valence-corrected chi connectivity index (χ4v) is 2.49. The Bertz CT molecular complexity index is 651. The second kappa shape index (κ2) is 6.34. The summed E-state index contributed by atoms with van der Waals surface area (Å²) in [5.41, 5.74) is 3.71. The highest BCUT2D eigenvalue weighted by Gasteiger charge is 2.24. The number of aromatic amines is 1. The first-order chi connectivity index (χ1) is 10.3. The Morgan fingerprint density at radius 2 is 2.09 bits per heavy atom. The average Bonchev–Trinajstić information content (AvgIpc) is 2.88. The van der Waals surface area contributed by atoms with Crippen LogP contribution in [0.1, 0.15) is 44.5 Å². The van der Waals surface area contributed by atoms with Gasteiger partial charge in [0.1, 0.15) is 5.75 Å². The van der Waals surface area contributed by atoms with Crippen LogP contribution in [0.4, 0.5) is 0 Å². The van der Waals surface area contributed by atoms with Crippen LogP contribution in [0.2, 0.25) is 0 Å². The van der Waals surface area contributed by atoms with E-state index >= 15 is 0 Å². The molecular weight excluding hydrogens is 274 g/mol. The molecule has 2 rings (SSSR count). The zero-order valence-corrected chi connectivity index (χ0v) is 14.0. The fraction of sp³-hybridized carbons (Fsp3) is 0.444. The number of hydrogen-bond donors (Lipinski definition) is 2. The maximum atomic E-state index is 10.3. The molecule has 0 radical (unpaired) electrons. The number of nitrogens with zero attached hydrogens (tertiary/aromatic N) is 2. The van der Waals surface area contributed by atoms with Gasteiger partial charge in [-0.2, -0.15) is 0 Å². The van der Waals surface area contributed by atoms with E-state index < -0.39 is 0 Å². The quantitative estimate of drug-likeness (QED) is 0.841. The third kappa shape index (κ3) is 3.97. The van der Waals surface area contributed by atoms with Gasteiger partial charge in [-0.1, -0.05) is 26.8 Å². The maximum Gasteiger partial charge on any atom is 0.124 e. The molecule has 4 nitrogen and oxygen atoms in total. The molecule has 0 unspecified atom stereocenters. The Labute approximate surface area is 132 Å². The van der Waals surface area contributed by atoms with E-state index in [1.807, 2.05) is 25.3 Å². The zero-order valence-electron chi connectivity index (χ0n) is 14.0. The molecule has 2 aromatic rings. The van der Waals surface area contributed by atoms with Crippen LogP contribution in [0.3, 0.4) is 0 Å². The lowest BCUT2D eigenvalue weighted by atomic mass is 9.84. The van der Waals surface area contributed by atoms with Crippen molar-refractivity contribution in [2.75, 3.05) is 0 Å². The van der Waals surface area contributed by atoms with Crippen LogP contribution < -0.4 is 0 Å². The van der Waals surface area contributed by atoms with Gasteiger partial charge >= 0.3 is 0 Å². The van der Waals surface area contributed by atoms with Crippen molar-refractivity contribution in [3.05, 3.63) is 47.5 Å². The van der Waals surface area contributed by atoms with Gasteiger partial charge in [0.25, 0.3) is 0 Å². The van der Waals surface area contributed by atoms with Gasteiger partial charge in [0.05, 0.1) is 18.1 Å². The van der Waals surface area contributed by atoms with Gasteiger partial charge in [-0.25, -0.2) is 4.98 Å². The van der Waals surface area contributed by atoms with Crippen LogP contribution in [0.25, 0.3) is 0 Å². The number of aromatic hydroxyl groups is 1. The van der Waals surface area contributed by atoms with Gasteiger partial charge in [-0.05, 0) is 31.5 Å². The molecule has 0 aliphatic rings. The van der Waals surface area contributed by atoms with E-state index in [0.29, 0.717) is 5.75 Å². The van der Waals surface area contributed by atoms with Crippen molar-refractivity contribution in [1.29, 1.82) is 0 Å². The molecule has 0 aliphatic carbocycles. The van der Waals surface area contributed by atoms with E-state index in [2.05, 4.69) is 37.7 Å². The van der Waals surface area contributed by atoms with Gasteiger partial charge in [0.2, 0.25) is 0 Å². The highest BCUT2D eigenvalue weighted by atomic mass is 16.3. The maximum absolute atomic E-state index is 10.3. The van der Waals surface area contributed by atoms with Gasteiger partial charge in [-0.3, -0.25) is 4.99 Å². The summed E-state index contributed by atoms with van der Waals surface area (Å²) in [6, 6.07) is 5.86. The number of phenolic OH excluding ortho intramolecular Hbond substituents is 1. The number of H-pyrrole nitrogens is 1. The first kappa shape index (κ1) is 16.3. The van der Waals surface area contributed by atoms with E-state index in [1.54, 1.807) is 12.4 Å². The summed E-state index contributed by atoms with van der Waals surface area (Å²) in [5.74, 6) is 0.294. The summed E-state index contributed by atoms with van der Waals surface area (Å²) >= 11 is 0. The van der Waals surface area contributed by atoms with Crippen molar-refractivity contribution in [2.24, 2.45) is 10.4 Å². The Balaban J connectivity index is 2.35. The molecule has 0 saturated carbocycles. The van der Waals surface area contributed by atoms with Crippen molar-refractivity contribution >= 4 is 5.71 Å². The van der Waals surface area contributed by atoms with E-state index in [-0.39, 0.29) is 11.5 Å². The number of aryl methyl sites for hydroxylation is 1. The normalized spacial score (nSPS) is 14.1. The Hall–Kier alpha value is -2.10. The Morgan fingerprint density at radius 3 is 2.64 bits per heavy atom. The topological polar surface area (TPSA) is 61.3 Å². The van der Waals surface area contributed by atoms with E-state index in [0.717, 1.165) is 29.0 Å². The van der Waals surface area contributed by atoms with Gasteiger partial charge < -0.3 is 10.1 Å². The summed E-state index contributed by atoms with van der Waals surface area (Å²) in [6.07, 6.45) is 4.31. The summed E-state index contributed by atoms with van der Waals surface area (Å²) in [4.78, 5) is 12.0. The lowest BCUT2D eigenvalue weighted by Gasteiger charge is -2.24. The SMILES string of the molecule is Cc1ccc(C(=N[C@H](C)Cc2cnc[nH]2)C(C)(C)C)c(O)c1. The molecule has 1 heterocycles. The highest BCUT2D eigenvalue weighted by Crippen LogP contribution is 2.29. The van der Waals surface area contributed by atoms with Crippen molar-refractivity contribution < 1.29 is 5.11 Å². The predicted molar refractivity (Wildman–Crippen MR) is 90.6 cm³/mol. The first-order valence-corrected chi connectivity index (χ1v) is 7.63. The minimum Gasteiger partial charge on any atom is -0.507 e. The van der Waals surface area contributed by atoms with Crippen LogP contribution in [0.5, 0.6) is 5.75 Å². The standard InChI is InChI=1S/C18H25N3O/c1-12-6-7-15(16(22)8-12)17(18(3,4)5)21-13(2)9-14-10-19-11-20-14/h6-8,10-11,13,22H,9H2,1-5H3,(H,19,20)/t13-/m1/s1. The number of aliphatic imine (C=N–C) groups is 1. The Kier molecular flexibility index (Phi) is 4.69. The van der Waals surface area contributed by atoms with Crippen LogP contribution >= 0.6 is 0 Å². The summed E-state index contributed by atoms with van der Waals surface area (Å²) in [6.45, 7) is 10.4. The second-order valence-corrected chi connectivity index (χ2v) is 6.88. The highest BCUT2D eigenvalue weighted by molar-refractivity contribution is 6.06. The molecular formula is C18H25N3O.